The molecule has 1 atom stereocenters. The van der Waals surface area contributed by atoms with E-state index in [9.17, 15) is 19.5 Å². The standard InChI is InChI=1S/C28H26N2O7S/c1-6-13-37-19-11-12-20(15(2)14-19)23(31)21-22(17-7-9-18(35-4)10-8-17)30(26(33)24(21)32)28-29-16(3)25(38-28)27(34)36-5/h6-12,14,22,31H,1,13H2,2-5H3/t22-/m0/s1. The van der Waals surface area contributed by atoms with E-state index < -0.39 is 23.7 Å². The second kappa shape index (κ2) is 10.9. The Kier molecular flexibility index (Phi) is 7.63. The molecule has 1 aliphatic rings. The van der Waals surface area contributed by atoms with E-state index in [0.717, 1.165) is 11.3 Å². The van der Waals surface area contributed by atoms with Gasteiger partial charge in [0.15, 0.2) is 5.13 Å². The fourth-order valence-electron chi connectivity index (χ4n) is 4.19. The van der Waals surface area contributed by atoms with E-state index in [1.54, 1.807) is 62.4 Å². The number of ketones is 1. The monoisotopic (exact) mass is 534 g/mol. The van der Waals surface area contributed by atoms with Crippen LogP contribution in [0.15, 0.2) is 60.7 Å². The highest BCUT2D eigenvalue weighted by molar-refractivity contribution is 7.17. The number of aliphatic hydroxyl groups is 1. The number of ether oxygens (including phenoxy) is 3. The zero-order chi connectivity index (χ0) is 27.6. The molecule has 9 nitrogen and oxygen atoms in total. The summed E-state index contributed by atoms with van der Waals surface area (Å²) in [5.74, 6) is -1.53. The number of thiazole rings is 1. The first-order valence-electron chi connectivity index (χ1n) is 11.6. The Balaban J connectivity index is 1.90. The molecule has 0 unspecified atom stereocenters. The summed E-state index contributed by atoms with van der Waals surface area (Å²) in [5.41, 5.74) is 1.82. The van der Waals surface area contributed by atoms with Gasteiger partial charge in [-0.25, -0.2) is 9.78 Å². The lowest BCUT2D eigenvalue weighted by molar-refractivity contribution is -0.132. The third-order valence-electron chi connectivity index (χ3n) is 6.06. The second-order valence-corrected chi connectivity index (χ2v) is 9.40. The number of Topliss-reactive ketones (excluding diaryl/α,β-unsaturated/α-hetero) is 1. The van der Waals surface area contributed by atoms with Gasteiger partial charge in [0.25, 0.3) is 5.78 Å². The number of rotatable bonds is 8. The minimum absolute atomic E-state index is 0.101. The van der Waals surface area contributed by atoms with Crippen molar-refractivity contribution in [3.05, 3.63) is 88.0 Å². The predicted molar refractivity (Wildman–Crippen MR) is 143 cm³/mol. The topological polar surface area (TPSA) is 115 Å². The summed E-state index contributed by atoms with van der Waals surface area (Å²) in [5, 5.41) is 11.6. The maximum absolute atomic E-state index is 13.4. The summed E-state index contributed by atoms with van der Waals surface area (Å²) in [6.07, 6.45) is 1.62. The molecule has 1 N–H and O–H groups in total. The van der Waals surface area contributed by atoms with Gasteiger partial charge in [-0.1, -0.05) is 36.1 Å². The van der Waals surface area contributed by atoms with Crippen LogP contribution in [-0.4, -0.2) is 48.6 Å². The highest BCUT2D eigenvalue weighted by atomic mass is 32.1. The van der Waals surface area contributed by atoms with Gasteiger partial charge in [-0.2, -0.15) is 0 Å². The number of esters is 1. The molecular formula is C28H26N2O7S. The number of carbonyl (C=O) groups excluding carboxylic acids is 3. The molecule has 1 aliphatic heterocycles. The van der Waals surface area contributed by atoms with Crippen LogP contribution in [-0.2, 0) is 14.3 Å². The van der Waals surface area contributed by atoms with Gasteiger partial charge in [-0.15, -0.1) is 0 Å². The quantitative estimate of drug-likeness (QED) is 0.145. The average Bonchev–Trinajstić information content (AvgIpc) is 3.43. The Labute approximate surface area is 223 Å². The number of hydrogen-bond acceptors (Lipinski definition) is 9. The molecule has 1 saturated heterocycles. The normalized spacial score (nSPS) is 16.4. The van der Waals surface area contributed by atoms with Crippen molar-refractivity contribution in [2.24, 2.45) is 0 Å². The number of nitrogens with zero attached hydrogens (tertiary/aromatic N) is 2. The van der Waals surface area contributed by atoms with Crippen LogP contribution in [0.2, 0.25) is 0 Å². The number of hydrogen-bond donors (Lipinski definition) is 1. The Morgan fingerprint density at radius 2 is 1.82 bits per heavy atom. The van der Waals surface area contributed by atoms with Crippen LogP contribution in [0.5, 0.6) is 11.5 Å². The van der Waals surface area contributed by atoms with Gasteiger partial charge in [0, 0.05) is 5.56 Å². The van der Waals surface area contributed by atoms with Crippen molar-refractivity contribution >= 4 is 39.9 Å². The van der Waals surface area contributed by atoms with Gasteiger partial charge in [-0.3, -0.25) is 14.5 Å². The zero-order valence-electron chi connectivity index (χ0n) is 21.3. The molecular weight excluding hydrogens is 508 g/mol. The fourth-order valence-corrected chi connectivity index (χ4v) is 5.20. The number of methoxy groups -OCH3 is 2. The average molecular weight is 535 g/mol. The molecule has 2 aromatic carbocycles. The van der Waals surface area contributed by atoms with Crippen molar-refractivity contribution in [3.63, 3.8) is 0 Å². The molecule has 196 valence electrons. The maximum Gasteiger partial charge on any atom is 0.350 e. The Hall–Kier alpha value is -4.44. The molecule has 1 aromatic heterocycles. The predicted octanol–water partition coefficient (Wildman–Crippen LogP) is 4.75. The van der Waals surface area contributed by atoms with E-state index in [0.29, 0.717) is 40.5 Å². The highest BCUT2D eigenvalue weighted by Crippen LogP contribution is 2.44. The van der Waals surface area contributed by atoms with Crippen LogP contribution in [0.3, 0.4) is 0 Å². The fraction of sp³-hybridized carbons (Fsp3) is 0.214. The van der Waals surface area contributed by atoms with Gasteiger partial charge in [0.1, 0.15) is 28.7 Å². The third kappa shape index (κ3) is 4.78. The van der Waals surface area contributed by atoms with E-state index in [2.05, 4.69) is 11.6 Å². The Bertz CT molecular complexity index is 1460. The Morgan fingerprint density at radius 3 is 2.42 bits per heavy atom. The molecule has 0 spiro atoms. The number of benzene rings is 2. The van der Waals surface area contributed by atoms with Crippen molar-refractivity contribution in [2.75, 3.05) is 25.7 Å². The molecule has 10 heteroatoms. The van der Waals surface area contributed by atoms with Gasteiger partial charge in [0.05, 0.1) is 31.5 Å². The number of amides is 1. The number of anilines is 1. The summed E-state index contributed by atoms with van der Waals surface area (Å²) in [6.45, 7) is 7.32. The van der Waals surface area contributed by atoms with E-state index in [-0.39, 0.29) is 21.3 Å². The number of aromatic nitrogens is 1. The van der Waals surface area contributed by atoms with Gasteiger partial charge >= 0.3 is 11.9 Å². The number of aliphatic hydroxyl groups excluding tert-OH is 1. The van der Waals surface area contributed by atoms with E-state index in [1.165, 1.54) is 19.1 Å². The lowest BCUT2D eigenvalue weighted by Crippen LogP contribution is -2.29. The molecule has 0 aliphatic carbocycles. The molecule has 0 radical (unpaired) electrons. The van der Waals surface area contributed by atoms with Crippen molar-refractivity contribution in [1.82, 2.24) is 4.98 Å². The first-order valence-corrected chi connectivity index (χ1v) is 12.4. The van der Waals surface area contributed by atoms with Crippen LogP contribution in [0.1, 0.15) is 38.1 Å². The molecule has 0 saturated carbocycles. The summed E-state index contributed by atoms with van der Waals surface area (Å²) >= 11 is 0.937. The second-order valence-electron chi connectivity index (χ2n) is 8.42. The molecule has 2 heterocycles. The SMILES string of the molecule is C=CCOc1ccc(C(O)=C2C(=O)C(=O)N(c3nc(C)c(C(=O)OC)s3)[C@H]2c2ccc(OC)cc2)c(C)c1. The minimum atomic E-state index is -1.01. The molecule has 0 bridgehead atoms. The zero-order valence-corrected chi connectivity index (χ0v) is 22.1. The molecule has 4 rings (SSSR count). The molecule has 38 heavy (non-hydrogen) atoms. The minimum Gasteiger partial charge on any atom is -0.507 e. The largest absolute Gasteiger partial charge is 0.507 e. The molecule has 1 amide bonds. The van der Waals surface area contributed by atoms with Crippen molar-refractivity contribution in [3.8, 4) is 11.5 Å². The van der Waals surface area contributed by atoms with E-state index >= 15 is 0 Å². The lowest BCUT2D eigenvalue weighted by Gasteiger charge is -2.23. The molecule has 3 aromatic rings. The van der Waals surface area contributed by atoms with Gasteiger partial charge in [0.2, 0.25) is 0 Å². The first-order chi connectivity index (χ1) is 18.2. The lowest BCUT2D eigenvalue weighted by atomic mass is 9.94. The summed E-state index contributed by atoms with van der Waals surface area (Å²) < 4.78 is 15.6. The molecule has 1 fully saturated rings. The van der Waals surface area contributed by atoms with E-state index in [4.69, 9.17) is 14.2 Å². The smallest absolute Gasteiger partial charge is 0.350 e. The summed E-state index contributed by atoms with van der Waals surface area (Å²) in [6, 6.07) is 10.8. The van der Waals surface area contributed by atoms with Crippen LogP contribution in [0, 0.1) is 13.8 Å². The Morgan fingerprint density at radius 1 is 1.13 bits per heavy atom. The van der Waals surface area contributed by atoms with E-state index in [1.807, 2.05) is 0 Å². The van der Waals surface area contributed by atoms with Crippen LogP contribution in [0.4, 0.5) is 5.13 Å². The summed E-state index contributed by atoms with van der Waals surface area (Å²) in [4.78, 5) is 44.9. The van der Waals surface area contributed by atoms with Crippen LogP contribution in [0.25, 0.3) is 5.76 Å². The number of aryl methyl sites for hydroxylation is 2. The number of carbonyl (C=O) groups is 3. The van der Waals surface area contributed by atoms with Crippen molar-refractivity contribution < 1.29 is 33.7 Å². The highest BCUT2D eigenvalue weighted by Gasteiger charge is 2.48. The third-order valence-corrected chi connectivity index (χ3v) is 7.20. The van der Waals surface area contributed by atoms with Crippen LogP contribution < -0.4 is 14.4 Å². The summed E-state index contributed by atoms with van der Waals surface area (Å²) in [7, 11) is 2.78. The van der Waals surface area contributed by atoms with Crippen molar-refractivity contribution in [1.29, 1.82) is 0 Å². The van der Waals surface area contributed by atoms with Gasteiger partial charge < -0.3 is 19.3 Å². The van der Waals surface area contributed by atoms with Crippen molar-refractivity contribution in [2.45, 2.75) is 19.9 Å². The van der Waals surface area contributed by atoms with Crippen LogP contribution >= 0.6 is 11.3 Å². The maximum atomic E-state index is 13.4. The van der Waals surface area contributed by atoms with Gasteiger partial charge in [-0.05, 0) is 55.3 Å². The first kappa shape index (κ1) is 26.6.